The Morgan fingerprint density at radius 1 is 1.05 bits per heavy atom. The predicted molar refractivity (Wildman–Crippen MR) is 89.7 cm³/mol. The maximum Gasteiger partial charge on any atom is 0.110 e. The highest BCUT2D eigenvalue weighted by atomic mass is 16.3. The van der Waals surface area contributed by atoms with Crippen molar-refractivity contribution in [3.05, 3.63) is 59.9 Å². The van der Waals surface area contributed by atoms with Crippen molar-refractivity contribution in [1.82, 2.24) is 9.55 Å². The third-order valence-electron chi connectivity index (χ3n) is 3.87. The van der Waals surface area contributed by atoms with Gasteiger partial charge in [0.15, 0.2) is 0 Å². The van der Waals surface area contributed by atoms with Gasteiger partial charge in [-0.05, 0) is 36.6 Å². The van der Waals surface area contributed by atoms with Crippen molar-refractivity contribution in [3.8, 4) is 0 Å². The van der Waals surface area contributed by atoms with E-state index < -0.39 is 0 Å². The number of hydrogen-bond donors (Lipinski definition) is 2. The number of anilines is 1. The van der Waals surface area contributed by atoms with Crippen LogP contribution in [0.3, 0.4) is 0 Å². The predicted octanol–water partition coefficient (Wildman–Crippen LogP) is 2.79. The zero-order valence-electron chi connectivity index (χ0n) is 12.6. The molecule has 0 unspecified atom stereocenters. The fraction of sp³-hybridized carbons (Fsp3) is 0.278. The lowest BCUT2D eigenvalue weighted by atomic mass is 10.1. The molecule has 1 heterocycles. The normalized spacial score (nSPS) is 11.1. The highest BCUT2D eigenvalue weighted by molar-refractivity contribution is 5.79. The number of hydrogen-bond acceptors (Lipinski definition) is 3. The van der Waals surface area contributed by atoms with Gasteiger partial charge in [-0.3, -0.25) is 0 Å². The molecule has 0 spiro atoms. The minimum Gasteiger partial charge on any atom is -0.399 e. The molecule has 0 atom stereocenters. The Hall–Kier alpha value is -2.33. The number of aliphatic hydroxyl groups excluding tert-OH is 1. The van der Waals surface area contributed by atoms with Crippen molar-refractivity contribution >= 4 is 16.7 Å². The van der Waals surface area contributed by atoms with Gasteiger partial charge in [0, 0.05) is 25.3 Å². The van der Waals surface area contributed by atoms with Crippen LogP contribution in [0.2, 0.25) is 0 Å². The van der Waals surface area contributed by atoms with Gasteiger partial charge in [-0.15, -0.1) is 0 Å². The molecule has 1 aromatic heterocycles. The van der Waals surface area contributed by atoms with Gasteiger partial charge in [-0.1, -0.05) is 30.3 Å². The second kappa shape index (κ2) is 6.62. The topological polar surface area (TPSA) is 64.1 Å². The highest BCUT2D eigenvalue weighted by Crippen LogP contribution is 2.20. The van der Waals surface area contributed by atoms with Gasteiger partial charge in [-0.25, -0.2) is 4.98 Å². The van der Waals surface area contributed by atoms with Gasteiger partial charge in [0.25, 0.3) is 0 Å². The lowest BCUT2D eigenvalue weighted by Crippen LogP contribution is -2.06. The van der Waals surface area contributed by atoms with E-state index in [1.54, 1.807) is 0 Å². The van der Waals surface area contributed by atoms with Crippen molar-refractivity contribution in [2.24, 2.45) is 0 Å². The molecule has 0 aliphatic carbocycles. The van der Waals surface area contributed by atoms with Crippen LogP contribution in [0.15, 0.2) is 48.5 Å². The molecule has 0 radical (unpaired) electrons. The first kappa shape index (κ1) is 14.6. The van der Waals surface area contributed by atoms with Crippen LogP contribution in [0.25, 0.3) is 11.0 Å². The Kier molecular flexibility index (Phi) is 4.39. The molecule has 0 saturated carbocycles. The maximum absolute atomic E-state index is 9.13. The first-order chi connectivity index (χ1) is 10.8. The second-order valence-corrected chi connectivity index (χ2v) is 5.49. The van der Waals surface area contributed by atoms with E-state index in [-0.39, 0.29) is 6.61 Å². The summed E-state index contributed by atoms with van der Waals surface area (Å²) in [7, 11) is 0. The third-order valence-corrected chi connectivity index (χ3v) is 3.87. The molecule has 0 aliphatic heterocycles. The molecule has 3 aromatic rings. The van der Waals surface area contributed by atoms with Crippen molar-refractivity contribution in [1.29, 1.82) is 0 Å². The van der Waals surface area contributed by atoms with Crippen LogP contribution >= 0.6 is 0 Å². The molecule has 22 heavy (non-hydrogen) atoms. The van der Waals surface area contributed by atoms with E-state index in [0.29, 0.717) is 0 Å². The number of nitrogens with two attached hydrogens (primary N) is 1. The Labute approximate surface area is 130 Å². The van der Waals surface area contributed by atoms with Crippen molar-refractivity contribution in [3.63, 3.8) is 0 Å². The van der Waals surface area contributed by atoms with E-state index in [0.717, 1.165) is 48.4 Å². The van der Waals surface area contributed by atoms with Gasteiger partial charge >= 0.3 is 0 Å². The summed E-state index contributed by atoms with van der Waals surface area (Å²) in [6.45, 7) is 0.966. The molecule has 4 nitrogen and oxygen atoms in total. The summed E-state index contributed by atoms with van der Waals surface area (Å²) in [4.78, 5) is 4.74. The van der Waals surface area contributed by atoms with Crippen LogP contribution in [0.4, 0.5) is 5.69 Å². The maximum atomic E-state index is 9.13. The monoisotopic (exact) mass is 295 g/mol. The molecule has 3 N–H and O–H groups in total. The minimum absolute atomic E-state index is 0.187. The summed E-state index contributed by atoms with van der Waals surface area (Å²) in [5.74, 6) is 1.05. The van der Waals surface area contributed by atoms with Crippen molar-refractivity contribution < 1.29 is 5.11 Å². The largest absolute Gasteiger partial charge is 0.399 e. The van der Waals surface area contributed by atoms with Crippen LogP contribution < -0.4 is 5.73 Å². The van der Waals surface area contributed by atoms with Crippen molar-refractivity contribution in [2.45, 2.75) is 25.8 Å². The van der Waals surface area contributed by atoms with Gasteiger partial charge in [-0.2, -0.15) is 0 Å². The fourth-order valence-electron chi connectivity index (χ4n) is 2.77. The van der Waals surface area contributed by atoms with E-state index in [4.69, 9.17) is 15.8 Å². The second-order valence-electron chi connectivity index (χ2n) is 5.49. The standard InChI is InChI=1S/C18H21N3O/c19-15-8-9-17-16(13-15)20-18(21(17)11-4-12-22)10-7-14-5-2-1-3-6-14/h1-3,5-6,8-9,13,22H,4,7,10-12,19H2. The smallest absolute Gasteiger partial charge is 0.110 e. The number of aliphatic hydroxyl groups is 1. The molecule has 4 heteroatoms. The molecule has 0 amide bonds. The van der Waals surface area contributed by atoms with E-state index >= 15 is 0 Å². The SMILES string of the molecule is Nc1ccc2c(c1)nc(CCc1ccccc1)n2CCCO. The van der Waals surface area contributed by atoms with Crippen LogP contribution in [0.5, 0.6) is 0 Å². The van der Waals surface area contributed by atoms with Gasteiger partial charge < -0.3 is 15.4 Å². The highest BCUT2D eigenvalue weighted by Gasteiger charge is 2.10. The summed E-state index contributed by atoms with van der Waals surface area (Å²) < 4.78 is 2.20. The zero-order valence-corrected chi connectivity index (χ0v) is 12.6. The van der Waals surface area contributed by atoms with Crippen molar-refractivity contribution in [2.75, 3.05) is 12.3 Å². The van der Waals surface area contributed by atoms with Crippen LogP contribution in [0, 0.1) is 0 Å². The van der Waals surface area contributed by atoms with Crippen LogP contribution in [-0.2, 0) is 19.4 Å². The number of nitrogen functional groups attached to an aromatic ring is 1. The summed E-state index contributed by atoms with van der Waals surface area (Å²) in [5.41, 5.74) is 9.92. The molecule has 114 valence electrons. The lowest BCUT2D eigenvalue weighted by molar-refractivity contribution is 0.280. The molecule has 0 saturated heterocycles. The number of benzene rings is 2. The summed E-state index contributed by atoms with van der Waals surface area (Å²) in [6.07, 6.45) is 2.57. The van der Waals surface area contributed by atoms with E-state index in [1.807, 2.05) is 24.3 Å². The zero-order chi connectivity index (χ0) is 15.4. The number of rotatable bonds is 6. The molecule has 3 rings (SSSR count). The average molecular weight is 295 g/mol. The van der Waals surface area contributed by atoms with E-state index in [9.17, 15) is 0 Å². The Morgan fingerprint density at radius 2 is 1.86 bits per heavy atom. The first-order valence-corrected chi connectivity index (χ1v) is 7.67. The molecule has 0 fully saturated rings. The molecule has 0 aliphatic rings. The van der Waals surface area contributed by atoms with E-state index in [1.165, 1.54) is 5.56 Å². The molecular weight excluding hydrogens is 274 g/mol. The average Bonchev–Trinajstić information content (AvgIpc) is 2.88. The first-order valence-electron chi connectivity index (χ1n) is 7.67. The van der Waals surface area contributed by atoms with E-state index in [2.05, 4.69) is 28.8 Å². The number of nitrogens with zero attached hydrogens (tertiary/aromatic N) is 2. The van der Waals surface area contributed by atoms with Gasteiger partial charge in [0.1, 0.15) is 5.82 Å². The van der Waals surface area contributed by atoms with Crippen LogP contribution in [0.1, 0.15) is 17.8 Å². The Balaban J connectivity index is 1.89. The fourth-order valence-corrected chi connectivity index (χ4v) is 2.77. The number of imidazole rings is 1. The Morgan fingerprint density at radius 3 is 2.64 bits per heavy atom. The van der Waals surface area contributed by atoms with Gasteiger partial charge in [0.2, 0.25) is 0 Å². The molecule has 0 bridgehead atoms. The summed E-state index contributed by atoms with van der Waals surface area (Å²) >= 11 is 0. The lowest BCUT2D eigenvalue weighted by Gasteiger charge is -2.08. The third kappa shape index (κ3) is 3.12. The quantitative estimate of drug-likeness (QED) is 0.687. The summed E-state index contributed by atoms with van der Waals surface area (Å²) in [5, 5.41) is 9.13. The number of aryl methyl sites for hydroxylation is 3. The number of fused-ring (bicyclic) bond motifs is 1. The van der Waals surface area contributed by atoms with Crippen LogP contribution in [-0.4, -0.2) is 21.3 Å². The summed E-state index contributed by atoms with van der Waals surface area (Å²) in [6, 6.07) is 16.3. The van der Waals surface area contributed by atoms with Gasteiger partial charge in [0.05, 0.1) is 11.0 Å². The Bertz CT molecular complexity index is 750. The number of aromatic nitrogens is 2. The molecule has 2 aromatic carbocycles. The molecular formula is C18H21N3O. The minimum atomic E-state index is 0.187.